The van der Waals surface area contributed by atoms with Gasteiger partial charge >= 0.3 is 0 Å². The molecule has 0 spiro atoms. The van der Waals surface area contributed by atoms with Crippen LogP contribution in [0.25, 0.3) is 116 Å². The fourth-order valence-electron chi connectivity index (χ4n) is 8.35. The first kappa shape index (κ1) is 33.4. The molecular formula is C52H31N5OS. The highest BCUT2D eigenvalue weighted by atomic mass is 32.1. The molecule has 0 aliphatic heterocycles. The minimum absolute atomic E-state index is 0.598. The SMILES string of the molecule is c1ccc(-c2nc(-c3cccc(-c4cccc5c4oc4ccccc45)c3)nc(-c3cccc4sc5ccc(-c6nc7ccccc7n6-c6ccccc6)cc5c34)n2)cc1. The Bertz CT molecular complexity index is 3570. The number of rotatable bonds is 6. The predicted molar refractivity (Wildman–Crippen MR) is 242 cm³/mol. The average Bonchev–Trinajstić information content (AvgIpc) is 4.01. The van der Waals surface area contributed by atoms with Gasteiger partial charge in [0.05, 0.1) is 11.0 Å². The summed E-state index contributed by atoms with van der Waals surface area (Å²) < 4.78 is 11.0. The van der Waals surface area contributed by atoms with Gasteiger partial charge in [0.1, 0.15) is 17.0 Å². The lowest BCUT2D eigenvalue weighted by atomic mass is 10.00. The van der Waals surface area contributed by atoms with Gasteiger partial charge in [-0.2, -0.15) is 0 Å². The standard InChI is InChI=1S/C52H31N5OS/c1-3-14-32(15-4-1)49-54-50(34-17-11-16-33(30-34)37-21-12-22-39-38-20-7-10-26-44(38)58-48(37)39)56-51(55-49)40-23-13-27-46-47(40)41-31-35(28-29-45(41)59-46)52-53-42-24-8-9-25-43(42)57(52)36-18-5-2-6-19-36/h1-31H. The normalized spacial score (nSPS) is 11.7. The molecule has 0 aliphatic rings. The zero-order valence-corrected chi connectivity index (χ0v) is 32.3. The minimum atomic E-state index is 0.598. The Morgan fingerprint density at radius 2 is 1.10 bits per heavy atom. The highest BCUT2D eigenvalue weighted by Gasteiger charge is 2.20. The van der Waals surface area contributed by atoms with Crippen molar-refractivity contribution in [3.8, 4) is 62.4 Å². The van der Waals surface area contributed by atoms with Crippen LogP contribution >= 0.6 is 11.3 Å². The van der Waals surface area contributed by atoms with Gasteiger partial charge in [-0.1, -0.05) is 127 Å². The minimum Gasteiger partial charge on any atom is -0.455 e. The maximum absolute atomic E-state index is 6.44. The molecule has 4 aromatic heterocycles. The van der Waals surface area contributed by atoms with Crippen LogP contribution in [0.5, 0.6) is 0 Å². The van der Waals surface area contributed by atoms with E-state index in [1.54, 1.807) is 11.3 Å². The van der Waals surface area contributed by atoms with Crippen molar-refractivity contribution < 1.29 is 4.42 Å². The molecule has 12 aromatic rings. The molecule has 0 saturated carbocycles. The van der Waals surface area contributed by atoms with Gasteiger partial charge in [-0.3, -0.25) is 4.57 Å². The van der Waals surface area contributed by atoms with E-state index in [2.05, 4.69) is 138 Å². The number of nitrogens with zero attached hydrogens (tertiary/aromatic N) is 5. The highest BCUT2D eigenvalue weighted by Crippen LogP contribution is 2.42. The van der Waals surface area contributed by atoms with Crippen molar-refractivity contribution in [3.05, 3.63) is 188 Å². The molecule has 8 aromatic carbocycles. The maximum atomic E-state index is 6.44. The van der Waals surface area contributed by atoms with Gasteiger partial charge in [0, 0.05) is 64.4 Å². The van der Waals surface area contributed by atoms with E-state index in [-0.39, 0.29) is 0 Å². The van der Waals surface area contributed by atoms with E-state index in [0.717, 1.165) is 93.3 Å². The van der Waals surface area contributed by atoms with Crippen LogP contribution in [-0.2, 0) is 0 Å². The average molecular weight is 774 g/mol. The van der Waals surface area contributed by atoms with Gasteiger partial charge < -0.3 is 4.42 Å². The molecule has 0 fully saturated rings. The molecule has 0 N–H and O–H groups in total. The molecule has 276 valence electrons. The van der Waals surface area contributed by atoms with E-state index in [1.165, 1.54) is 4.70 Å². The first-order valence-electron chi connectivity index (χ1n) is 19.5. The van der Waals surface area contributed by atoms with Crippen LogP contribution in [0.4, 0.5) is 0 Å². The molecule has 0 amide bonds. The molecule has 59 heavy (non-hydrogen) atoms. The van der Waals surface area contributed by atoms with Crippen LogP contribution in [0.2, 0.25) is 0 Å². The van der Waals surface area contributed by atoms with Crippen molar-refractivity contribution in [2.24, 2.45) is 0 Å². The van der Waals surface area contributed by atoms with Gasteiger partial charge in [0.25, 0.3) is 0 Å². The number of thiophene rings is 1. The van der Waals surface area contributed by atoms with Gasteiger partial charge in [-0.05, 0) is 66.2 Å². The summed E-state index contributed by atoms with van der Waals surface area (Å²) in [5.74, 6) is 2.72. The molecule has 7 heteroatoms. The summed E-state index contributed by atoms with van der Waals surface area (Å²) >= 11 is 1.78. The maximum Gasteiger partial charge on any atom is 0.164 e. The first-order chi connectivity index (χ1) is 29.2. The molecule has 0 radical (unpaired) electrons. The smallest absolute Gasteiger partial charge is 0.164 e. The monoisotopic (exact) mass is 773 g/mol. The quantitative estimate of drug-likeness (QED) is 0.168. The Hall–Kier alpha value is -7.74. The molecule has 0 saturated heterocycles. The fourth-order valence-corrected chi connectivity index (χ4v) is 9.46. The molecule has 0 aliphatic carbocycles. The van der Waals surface area contributed by atoms with Crippen LogP contribution in [0.1, 0.15) is 0 Å². The second-order valence-electron chi connectivity index (χ2n) is 14.6. The lowest BCUT2D eigenvalue weighted by Gasteiger charge is -2.11. The molecule has 0 bridgehead atoms. The van der Waals surface area contributed by atoms with Gasteiger partial charge in [0.2, 0.25) is 0 Å². The van der Waals surface area contributed by atoms with Gasteiger partial charge in [0.15, 0.2) is 17.5 Å². The number of hydrogen-bond donors (Lipinski definition) is 0. The van der Waals surface area contributed by atoms with Crippen molar-refractivity contribution in [2.45, 2.75) is 0 Å². The summed E-state index contributed by atoms with van der Waals surface area (Å²) in [7, 11) is 0. The van der Waals surface area contributed by atoms with E-state index in [1.807, 2.05) is 54.6 Å². The van der Waals surface area contributed by atoms with E-state index < -0.39 is 0 Å². The van der Waals surface area contributed by atoms with Crippen molar-refractivity contribution in [1.29, 1.82) is 0 Å². The summed E-state index contributed by atoms with van der Waals surface area (Å²) in [6.07, 6.45) is 0. The Balaban J connectivity index is 1.04. The topological polar surface area (TPSA) is 69.6 Å². The Labute approximate surface area is 342 Å². The molecular weight excluding hydrogens is 743 g/mol. The number of hydrogen-bond acceptors (Lipinski definition) is 6. The number of fused-ring (bicyclic) bond motifs is 7. The third-order valence-electron chi connectivity index (χ3n) is 11.1. The van der Waals surface area contributed by atoms with Crippen molar-refractivity contribution in [1.82, 2.24) is 24.5 Å². The Kier molecular flexibility index (Phi) is 7.61. The Morgan fingerprint density at radius 1 is 0.424 bits per heavy atom. The van der Waals surface area contributed by atoms with Crippen molar-refractivity contribution in [2.75, 3.05) is 0 Å². The van der Waals surface area contributed by atoms with Crippen molar-refractivity contribution in [3.63, 3.8) is 0 Å². The third kappa shape index (κ3) is 5.55. The number of furan rings is 1. The van der Waals surface area contributed by atoms with E-state index >= 15 is 0 Å². The van der Waals surface area contributed by atoms with Crippen LogP contribution in [-0.4, -0.2) is 24.5 Å². The fraction of sp³-hybridized carbons (Fsp3) is 0. The van der Waals surface area contributed by atoms with Crippen LogP contribution in [0.15, 0.2) is 192 Å². The number of imidazole rings is 1. The van der Waals surface area contributed by atoms with E-state index in [4.69, 9.17) is 24.4 Å². The second-order valence-corrected chi connectivity index (χ2v) is 15.7. The van der Waals surface area contributed by atoms with Crippen LogP contribution in [0.3, 0.4) is 0 Å². The predicted octanol–water partition coefficient (Wildman–Crippen LogP) is 13.8. The van der Waals surface area contributed by atoms with Gasteiger partial charge in [-0.15, -0.1) is 11.3 Å². The zero-order chi connectivity index (χ0) is 38.9. The van der Waals surface area contributed by atoms with E-state index in [0.29, 0.717) is 17.5 Å². The second kappa shape index (κ2) is 13.4. The summed E-state index contributed by atoms with van der Waals surface area (Å²) in [6, 6.07) is 64.9. The van der Waals surface area contributed by atoms with Crippen LogP contribution < -0.4 is 0 Å². The van der Waals surface area contributed by atoms with Crippen molar-refractivity contribution >= 4 is 64.5 Å². The molecule has 12 rings (SSSR count). The number of aromatic nitrogens is 5. The largest absolute Gasteiger partial charge is 0.455 e. The summed E-state index contributed by atoms with van der Waals surface area (Å²) in [5.41, 5.74) is 10.7. The molecule has 0 atom stereocenters. The highest BCUT2D eigenvalue weighted by molar-refractivity contribution is 7.26. The lowest BCUT2D eigenvalue weighted by Crippen LogP contribution is -2.00. The Morgan fingerprint density at radius 3 is 2.00 bits per heavy atom. The molecule has 6 nitrogen and oxygen atoms in total. The molecule has 4 heterocycles. The van der Waals surface area contributed by atoms with E-state index in [9.17, 15) is 0 Å². The number of para-hydroxylation sites is 5. The third-order valence-corrected chi connectivity index (χ3v) is 12.2. The van der Waals surface area contributed by atoms with Gasteiger partial charge in [-0.25, -0.2) is 19.9 Å². The summed E-state index contributed by atoms with van der Waals surface area (Å²) in [4.78, 5) is 20.8. The number of benzene rings is 8. The zero-order valence-electron chi connectivity index (χ0n) is 31.5. The summed E-state index contributed by atoms with van der Waals surface area (Å²) in [5, 5.41) is 4.44. The first-order valence-corrected chi connectivity index (χ1v) is 20.4. The summed E-state index contributed by atoms with van der Waals surface area (Å²) in [6.45, 7) is 0. The van der Waals surface area contributed by atoms with Crippen LogP contribution in [0, 0.1) is 0 Å². The molecule has 0 unspecified atom stereocenters. The lowest BCUT2D eigenvalue weighted by molar-refractivity contribution is 0.670.